The minimum absolute atomic E-state index is 0.144. The summed E-state index contributed by atoms with van der Waals surface area (Å²) in [5.41, 5.74) is 0.144. The standard InChI is InChI=1S/C15H25F3N2O/c1-14(2)12(11-4-6-21-13(11)14)19-7-10-3-5-20(8-10)9-15(16,17)18/h10-13,19H,3-9H2,1-2H3. The summed E-state index contributed by atoms with van der Waals surface area (Å²) in [6, 6.07) is 0.446. The van der Waals surface area contributed by atoms with Crippen molar-refractivity contribution in [1.82, 2.24) is 10.2 Å². The van der Waals surface area contributed by atoms with E-state index in [1.54, 1.807) is 0 Å². The molecule has 0 bridgehead atoms. The van der Waals surface area contributed by atoms with E-state index >= 15 is 0 Å². The number of fused-ring (bicyclic) bond motifs is 1. The van der Waals surface area contributed by atoms with Crippen LogP contribution in [-0.4, -0.2) is 56.0 Å². The highest BCUT2D eigenvalue weighted by atomic mass is 19.4. The Morgan fingerprint density at radius 3 is 2.76 bits per heavy atom. The largest absolute Gasteiger partial charge is 0.401 e. The highest BCUT2D eigenvalue weighted by molar-refractivity contribution is 5.11. The maximum Gasteiger partial charge on any atom is 0.401 e. The maximum absolute atomic E-state index is 12.4. The van der Waals surface area contributed by atoms with Crippen LogP contribution < -0.4 is 5.32 Å². The van der Waals surface area contributed by atoms with Crippen LogP contribution in [0.2, 0.25) is 0 Å². The SMILES string of the molecule is CC1(C)C(NCC2CCN(CC(F)(F)F)C2)C2CCOC21. The van der Waals surface area contributed by atoms with Gasteiger partial charge in [-0.3, -0.25) is 4.90 Å². The molecule has 0 aromatic rings. The first-order valence-corrected chi connectivity index (χ1v) is 7.91. The highest BCUT2D eigenvalue weighted by Crippen LogP contribution is 2.52. The van der Waals surface area contributed by atoms with Crippen molar-refractivity contribution in [2.24, 2.45) is 17.3 Å². The average Bonchev–Trinajstić information content (AvgIpc) is 2.95. The van der Waals surface area contributed by atoms with Crippen LogP contribution in [0.25, 0.3) is 0 Å². The minimum Gasteiger partial charge on any atom is -0.377 e. The summed E-state index contributed by atoms with van der Waals surface area (Å²) in [5.74, 6) is 0.928. The number of alkyl halides is 3. The van der Waals surface area contributed by atoms with Crippen LogP contribution in [0.1, 0.15) is 26.7 Å². The lowest BCUT2D eigenvalue weighted by Gasteiger charge is -2.55. The molecule has 0 amide bonds. The van der Waals surface area contributed by atoms with E-state index < -0.39 is 12.7 Å². The minimum atomic E-state index is -4.08. The molecular formula is C15H25F3N2O. The monoisotopic (exact) mass is 306 g/mol. The third-order valence-corrected chi connectivity index (χ3v) is 5.50. The molecule has 3 rings (SSSR count). The number of hydrogen-bond acceptors (Lipinski definition) is 3. The van der Waals surface area contributed by atoms with E-state index in [0.29, 0.717) is 37.1 Å². The van der Waals surface area contributed by atoms with E-state index in [-0.39, 0.29) is 5.41 Å². The second-order valence-corrected chi connectivity index (χ2v) is 7.46. The fourth-order valence-electron chi connectivity index (χ4n) is 4.51. The molecule has 2 saturated heterocycles. The van der Waals surface area contributed by atoms with Crippen molar-refractivity contribution in [2.45, 2.75) is 45.0 Å². The summed E-state index contributed by atoms with van der Waals surface area (Å²) in [7, 11) is 0. The van der Waals surface area contributed by atoms with Crippen molar-refractivity contribution in [1.29, 1.82) is 0 Å². The van der Waals surface area contributed by atoms with Gasteiger partial charge in [-0.1, -0.05) is 13.8 Å². The number of ether oxygens (including phenoxy) is 1. The van der Waals surface area contributed by atoms with Gasteiger partial charge >= 0.3 is 6.18 Å². The molecule has 0 radical (unpaired) electrons. The lowest BCUT2D eigenvalue weighted by atomic mass is 9.57. The summed E-state index contributed by atoms with van der Waals surface area (Å²) >= 11 is 0. The van der Waals surface area contributed by atoms with Gasteiger partial charge in [-0.25, -0.2) is 0 Å². The van der Waals surface area contributed by atoms with E-state index in [2.05, 4.69) is 19.2 Å². The van der Waals surface area contributed by atoms with Gasteiger partial charge in [-0.2, -0.15) is 13.2 Å². The number of nitrogens with one attached hydrogen (secondary N) is 1. The fraction of sp³-hybridized carbons (Fsp3) is 1.00. The third kappa shape index (κ3) is 3.08. The van der Waals surface area contributed by atoms with Gasteiger partial charge in [0.25, 0.3) is 0 Å². The molecule has 4 atom stereocenters. The molecular weight excluding hydrogens is 281 g/mol. The summed E-state index contributed by atoms with van der Waals surface area (Å²) in [6.45, 7) is 6.48. The van der Waals surface area contributed by atoms with E-state index in [1.807, 2.05) is 0 Å². The molecule has 3 aliphatic rings. The molecule has 4 unspecified atom stereocenters. The Balaban J connectivity index is 1.44. The van der Waals surface area contributed by atoms with Gasteiger partial charge in [0.2, 0.25) is 0 Å². The number of nitrogens with zero attached hydrogens (tertiary/aromatic N) is 1. The lowest BCUT2D eigenvalue weighted by Crippen LogP contribution is -2.66. The van der Waals surface area contributed by atoms with Crippen LogP contribution in [0.15, 0.2) is 0 Å². The molecule has 21 heavy (non-hydrogen) atoms. The first kappa shape index (κ1) is 15.6. The van der Waals surface area contributed by atoms with Crippen molar-refractivity contribution >= 4 is 0 Å². The van der Waals surface area contributed by atoms with Gasteiger partial charge in [-0.15, -0.1) is 0 Å². The molecule has 2 heterocycles. The summed E-state index contributed by atoms with van der Waals surface area (Å²) in [4.78, 5) is 1.53. The summed E-state index contributed by atoms with van der Waals surface area (Å²) < 4.78 is 42.9. The van der Waals surface area contributed by atoms with Crippen LogP contribution >= 0.6 is 0 Å². The molecule has 0 aromatic carbocycles. The molecule has 2 aliphatic heterocycles. The zero-order valence-electron chi connectivity index (χ0n) is 12.7. The zero-order chi connectivity index (χ0) is 15.3. The predicted octanol–water partition coefficient (Wildman–Crippen LogP) is 2.27. The van der Waals surface area contributed by atoms with Gasteiger partial charge in [0.1, 0.15) is 0 Å². The van der Waals surface area contributed by atoms with Crippen molar-refractivity contribution in [3.05, 3.63) is 0 Å². The van der Waals surface area contributed by atoms with Crippen LogP contribution in [0.5, 0.6) is 0 Å². The number of halogens is 3. The zero-order valence-corrected chi connectivity index (χ0v) is 12.7. The molecule has 3 fully saturated rings. The molecule has 1 saturated carbocycles. The summed E-state index contributed by atoms with van der Waals surface area (Å²) in [6.07, 6.45) is -1.75. The normalized spacial score (nSPS) is 39.3. The Morgan fingerprint density at radius 2 is 2.05 bits per heavy atom. The Kier molecular flexibility index (Phi) is 3.99. The molecule has 0 spiro atoms. The molecule has 122 valence electrons. The van der Waals surface area contributed by atoms with Crippen LogP contribution in [0.3, 0.4) is 0 Å². The molecule has 3 nitrogen and oxygen atoms in total. The summed E-state index contributed by atoms with van der Waals surface area (Å²) in [5, 5.41) is 3.62. The molecule has 1 N–H and O–H groups in total. The van der Waals surface area contributed by atoms with Gasteiger partial charge in [0.05, 0.1) is 12.6 Å². The van der Waals surface area contributed by atoms with E-state index in [9.17, 15) is 13.2 Å². The first-order chi connectivity index (χ1) is 9.77. The smallest absolute Gasteiger partial charge is 0.377 e. The second kappa shape index (κ2) is 5.39. The number of likely N-dealkylation sites (tertiary alicyclic amines) is 1. The van der Waals surface area contributed by atoms with Crippen molar-refractivity contribution < 1.29 is 17.9 Å². The third-order valence-electron chi connectivity index (χ3n) is 5.50. The Morgan fingerprint density at radius 1 is 1.29 bits per heavy atom. The molecule has 1 aliphatic carbocycles. The van der Waals surface area contributed by atoms with Gasteiger partial charge in [-0.05, 0) is 31.8 Å². The highest BCUT2D eigenvalue weighted by Gasteiger charge is 2.59. The Hall–Kier alpha value is -0.330. The quantitative estimate of drug-likeness (QED) is 0.862. The Labute approximate surface area is 124 Å². The number of hydrogen-bond donors (Lipinski definition) is 1. The van der Waals surface area contributed by atoms with E-state index in [4.69, 9.17) is 4.74 Å². The fourth-order valence-corrected chi connectivity index (χ4v) is 4.51. The van der Waals surface area contributed by atoms with Gasteiger partial charge in [0, 0.05) is 30.5 Å². The predicted molar refractivity (Wildman–Crippen MR) is 74.0 cm³/mol. The topological polar surface area (TPSA) is 24.5 Å². The van der Waals surface area contributed by atoms with E-state index in [1.165, 1.54) is 4.90 Å². The molecule has 0 aromatic heterocycles. The van der Waals surface area contributed by atoms with Crippen LogP contribution in [0.4, 0.5) is 13.2 Å². The van der Waals surface area contributed by atoms with Crippen molar-refractivity contribution in [3.8, 4) is 0 Å². The molecule has 6 heteroatoms. The van der Waals surface area contributed by atoms with E-state index in [0.717, 1.165) is 26.0 Å². The van der Waals surface area contributed by atoms with Crippen LogP contribution in [-0.2, 0) is 4.74 Å². The maximum atomic E-state index is 12.4. The second-order valence-electron chi connectivity index (χ2n) is 7.46. The van der Waals surface area contributed by atoms with Crippen molar-refractivity contribution in [2.75, 3.05) is 32.8 Å². The first-order valence-electron chi connectivity index (χ1n) is 7.91. The lowest BCUT2D eigenvalue weighted by molar-refractivity contribution is -0.143. The van der Waals surface area contributed by atoms with Crippen LogP contribution in [0, 0.1) is 17.3 Å². The van der Waals surface area contributed by atoms with Crippen molar-refractivity contribution in [3.63, 3.8) is 0 Å². The number of rotatable bonds is 4. The van der Waals surface area contributed by atoms with Gasteiger partial charge < -0.3 is 10.1 Å². The van der Waals surface area contributed by atoms with Gasteiger partial charge in [0.15, 0.2) is 0 Å². The average molecular weight is 306 g/mol. The Bertz CT molecular complexity index is 386.